The maximum Gasteiger partial charge on any atom is 0.318 e. The maximum absolute atomic E-state index is 13.9. The van der Waals surface area contributed by atoms with Gasteiger partial charge in [-0.25, -0.2) is 11.0 Å². The van der Waals surface area contributed by atoms with Gasteiger partial charge in [0.05, 0.1) is 29.1 Å². The van der Waals surface area contributed by atoms with Gasteiger partial charge in [-0.2, -0.15) is 9.97 Å². The fourth-order valence-electron chi connectivity index (χ4n) is 6.65. The molecule has 2 aliphatic heterocycles. The summed E-state index contributed by atoms with van der Waals surface area (Å²) in [5.74, 6) is -0.283. The van der Waals surface area contributed by atoms with Crippen molar-refractivity contribution in [1.82, 2.24) is 24.8 Å². The number of nitrogens with zero attached hydrogens (tertiary/aromatic N) is 8. The van der Waals surface area contributed by atoms with Crippen LogP contribution >= 0.6 is 11.6 Å². The lowest BCUT2D eigenvalue weighted by Crippen LogP contribution is -2.57. The third-order valence-corrected chi connectivity index (χ3v) is 9.95. The molecule has 1 aromatic carbocycles. The van der Waals surface area contributed by atoms with Crippen LogP contribution < -0.4 is 14.5 Å². The van der Waals surface area contributed by atoms with Gasteiger partial charge in [-0.1, -0.05) is 36.7 Å². The zero-order valence-electron chi connectivity index (χ0n) is 26.5. The fourth-order valence-corrected chi connectivity index (χ4v) is 6.93. The molecule has 4 heterocycles. The molecule has 3 aromatic rings. The molecule has 6 rings (SSSR count). The molecule has 242 valence electrons. The molecule has 3 aliphatic rings. The summed E-state index contributed by atoms with van der Waals surface area (Å²) < 4.78 is 20.2. The zero-order chi connectivity index (χ0) is 32.4. The van der Waals surface area contributed by atoms with Crippen molar-refractivity contribution in [2.75, 3.05) is 62.7 Å². The minimum atomic E-state index is -1.02. The number of carbonyl (C=O) groups is 1. The van der Waals surface area contributed by atoms with E-state index in [-0.39, 0.29) is 19.1 Å². The van der Waals surface area contributed by atoms with Crippen LogP contribution in [0, 0.1) is 12.5 Å². The molecule has 12 heteroatoms. The second-order valence-corrected chi connectivity index (χ2v) is 13.1. The van der Waals surface area contributed by atoms with Crippen molar-refractivity contribution in [3.63, 3.8) is 0 Å². The smallest absolute Gasteiger partial charge is 0.318 e. The number of carbonyl (C=O) groups excluding carboxylic acids is 1. The Kier molecular flexibility index (Phi) is 9.57. The molecule has 1 aliphatic carbocycles. The number of amides is 1. The summed E-state index contributed by atoms with van der Waals surface area (Å²) in [6.45, 7) is 16.6. The molecule has 2 aromatic heterocycles. The Labute approximate surface area is 274 Å². The van der Waals surface area contributed by atoms with E-state index in [1.54, 1.807) is 0 Å². The van der Waals surface area contributed by atoms with Gasteiger partial charge in [0.2, 0.25) is 6.54 Å². The number of hydrogen-bond acceptors (Lipinski definition) is 8. The molecule has 1 saturated heterocycles. The quantitative estimate of drug-likeness (QED) is 0.221. The lowest BCUT2D eigenvalue weighted by atomic mass is 9.85. The summed E-state index contributed by atoms with van der Waals surface area (Å²) >= 11 is 6.68. The van der Waals surface area contributed by atoms with Gasteiger partial charge in [0.25, 0.3) is 5.91 Å². The molecule has 0 bridgehead atoms. The number of benzene rings is 1. The first kappa shape index (κ1) is 32.0. The Balaban J connectivity index is 1.30. The van der Waals surface area contributed by atoms with Gasteiger partial charge in [-0.15, -0.1) is 0 Å². The normalized spacial score (nSPS) is 19.0. The van der Waals surface area contributed by atoms with E-state index in [0.29, 0.717) is 50.2 Å². The molecule has 0 radical (unpaired) electrons. The van der Waals surface area contributed by atoms with Crippen LogP contribution in [0.4, 0.5) is 15.9 Å². The molecule has 2 fully saturated rings. The van der Waals surface area contributed by atoms with Crippen molar-refractivity contribution in [3.8, 4) is 6.01 Å². The summed E-state index contributed by atoms with van der Waals surface area (Å²) in [5, 5.41) is 2.59. The Bertz CT molecular complexity index is 1650. The molecule has 0 spiro atoms. The van der Waals surface area contributed by atoms with Crippen LogP contribution in [0.25, 0.3) is 15.6 Å². The number of halogens is 2. The molecule has 2 atom stereocenters. The van der Waals surface area contributed by atoms with Crippen LogP contribution in [0.2, 0.25) is 5.02 Å². The summed E-state index contributed by atoms with van der Waals surface area (Å²) in [4.78, 5) is 38.6. The van der Waals surface area contributed by atoms with Crippen molar-refractivity contribution in [1.29, 1.82) is 0 Å². The lowest BCUT2D eigenvalue weighted by molar-refractivity contribution is -0.131. The Hall–Kier alpha value is -4.01. The number of aromatic nitrogens is 3. The van der Waals surface area contributed by atoms with Gasteiger partial charge in [0.15, 0.2) is 5.83 Å². The van der Waals surface area contributed by atoms with Gasteiger partial charge in [0, 0.05) is 61.3 Å². The van der Waals surface area contributed by atoms with Crippen LogP contribution in [0.3, 0.4) is 0 Å². The second-order valence-electron chi connectivity index (χ2n) is 12.7. The predicted molar refractivity (Wildman–Crippen MR) is 178 cm³/mol. The van der Waals surface area contributed by atoms with Crippen molar-refractivity contribution in [2.24, 2.45) is 5.92 Å². The number of piperazine rings is 1. The average molecular weight is 647 g/mol. The lowest BCUT2D eigenvalue weighted by Gasteiger charge is -2.41. The largest absolute Gasteiger partial charge is 0.462 e. The Morgan fingerprint density at radius 3 is 2.80 bits per heavy atom. The van der Waals surface area contributed by atoms with Gasteiger partial charge in [-0.3, -0.25) is 9.78 Å². The van der Waals surface area contributed by atoms with Crippen molar-refractivity contribution >= 4 is 39.8 Å². The van der Waals surface area contributed by atoms with Crippen molar-refractivity contribution < 1.29 is 13.9 Å². The first-order valence-corrected chi connectivity index (χ1v) is 16.3. The van der Waals surface area contributed by atoms with Crippen molar-refractivity contribution in [2.45, 2.75) is 51.2 Å². The van der Waals surface area contributed by atoms with E-state index in [9.17, 15) is 9.18 Å². The number of anilines is 2. The number of likely N-dealkylation sites (N-methyl/N-ethyl adjacent to an activating group) is 1. The molecule has 1 saturated carbocycles. The fraction of sp³-hybridized carbons (Fsp3) is 0.500. The van der Waals surface area contributed by atoms with E-state index >= 15 is 0 Å². The van der Waals surface area contributed by atoms with E-state index in [1.165, 1.54) is 24.2 Å². The first-order chi connectivity index (χ1) is 22.2. The first-order valence-electron chi connectivity index (χ1n) is 16.0. The summed E-state index contributed by atoms with van der Waals surface area (Å²) in [7, 11) is 2.14. The minimum absolute atomic E-state index is 0.0552. The monoisotopic (exact) mass is 646 g/mol. The Morgan fingerprint density at radius 2 is 2.07 bits per heavy atom. The summed E-state index contributed by atoms with van der Waals surface area (Å²) in [6.07, 6.45) is 8.23. The topological polar surface area (TPSA) is 82.3 Å². The van der Waals surface area contributed by atoms with Crippen LogP contribution in [0.15, 0.2) is 43.0 Å². The highest BCUT2D eigenvalue weighted by atomic mass is 35.5. The number of hydrogen-bond donors (Lipinski definition) is 0. The number of rotatable bonds is 10. The van der Waals surface area contributed by atoms with Crippen LogP contribution in [0.5, 0.6) is 6.01 Å². The van der Waals surface area contributed by atoms with Gasteiger partial charge in [0.1, 0.15) is 18.5 Å². The molecule has 0 unspecified atom stereocenters. The average Bonchev–Trinajstić information content (AvgIpc) is 3.04. The van der Waals surface area contributed by atoms with Gasteiger partial charge >= 0.3 is 6.01 Å². The maximum atomic E-state index is 13.9. The van der Waals surface area contributed by atoms with E-state index < -0.39 is 17.8 Å². The number of ether oxygens (including phenoxy) is 1. The number of pyridine rings is 1. The van der Waals surface area contributed by atoms with Crippen LogP contribution in [0.1, 0.15) is 37.4 Å². The van der Waals surface area contributed by atoms with Gasteiger partial charge in [-0.05, 0) is 45.2 Å². The van der Waals surface area contributed by atoms with E-state index in [4.69, 9.17) is 32.9 Å². The van der Waals surface area contributed by atoms with E-state index in [1.807, 2.05) is 30.6 Å². The molecule has 1 amide bonds. The van der Waals surface area contributed by atoms with Gasteiger partial charge < -0.3 is 29.2 Å². The van der Waals surface area contributed by atoms with E-state index in [2.05, 4.69) is 45.1 Å². The molecule has 46 heavy (non-hydrogen) atoms. The third kappa shape index (κ3) is 6.60. The third-order valence-electron chi connectivity index (χ3n) is 9.63. The van der Waals surface area contributed by atoms with Crippen LogP contribution in [-0.4, -0.2) is 95.7 Å². The molecule has 0 N–H and O–H groups in total. The highest BCUT2D eigenvalue weighted by Crippen LogP contribution is 2.37. The molecule has 10 nitrogen and oxygen atoms in total. The second kappa shape index (κ2) is 13.8. The molecular weight excluding hydrogens is 607 g/mol. The molecular formula is C34H40ClFN8O2. The highest BCUT2D eigenvalue weighted by molar-refractivity contribution is 6.36. The van der Waals surface area contributed by atoms with Crippen LogP contribution in [-0.2, 0) is 17.8 Å². The standard InChI is InChI=1S/C34H40ClFN8O2/c1-22(41(4)18-24-7-5-8-24)21-46-34-39-29-20-42(30-17-38-15-25-9-6-10-28(35)31(25)30)12-11-27(29)32(40-34)43-13-14-44(33(45)23(2)36)26(19-43)16-37-3/h6,9-10,15,17,22,24,26H,2,5,7-8,11-14,16,18-21H2,1,4H3/t22-,26+/m1/s1. The summed E-state index contributed by atoms with van der Waals surface area (Å²) in [5.41, 5.74) is 2.80. The van der Waals surface area contributed by atoms with Crippen molar-refractivity contribution in [3.05, 3.63) is 70.7 Å². The Morgan fingerprint density at radius 1 is 1.24 bits per heavy atom. The SMILES string of the molecule is [C-]#[N+]C[C@H]1CN(c2nc(OC[C@@H](C)N(C)CC3CCC3)nc3c2CCN(c2cncc4cccc(Cl)c24)C3)CCN1C(=O)C(=C)F. The number of fused-ring (bicyclic) bond motifs is 2. The zero-order valence-corrected chi connectivity index (χ0v) is 27.2. The highest BCUT2D eigenvalue weighted by Gasteiger charge is 2.36. The summed E-state index contributed by atoms with van der Waals surface area (Å²) in [6, 6.07) is 5.80. The minimum Gasteiger partial charge on any atom is -0.462 e. The predicted octanol–water partition coefficient (Wildman–Crippen LogP) is 5.16. The van der Waals surface area contributed by atoms with E-state index in [0.717, 1.165) is 46.0 Å².